The zero-order chi connectivity index (χ0) is 22.6. The number of thiocarbonyl (C=S) groups is 1. The molecular weight excluding hydrogens is 448 g/mol. The molecule has 7 nitrogen and oxygen atoms in total. The molecule has 3 heterocycles. The highest BCUT2D eigenvalue weighted by atomic mass is 32.1. The van der Waals surface area contributed by atoms with Crippen molar-refractivity contribution in [2.24, 2.45) is 0 Å². The smallest absolute Gasteiger partial charge is 0.258 e. The SMILES string of the molecule is O[C@@H]1C[C@H](c2cc(F)ccc2F)N(c2ccn3nc(F)c(NC(=S)N[C@H]4C[C@H]4F)c3n2)C1. The first-order chi connectivity index (χ1) is 15.3. The number of rotatable bonds is 4. The standard InChI is InChI=1S/C20H18F4N6OS/c21-9-1-2-12(22)11(5-9)15-6-10(31)8-29(15)16-3-4-30-19(26-16)17(18(24)28-30)27-20(32)25-14-7-13(14)23/h1-5,10,13-15,31H,6-8H2,(H2,25,27,32)/t10-,13-,14+,15-/m1/s1. The Labute approximate surface area is 185 Å². The van der Waals surface area contributed by atoms with Gasteiger partial charge in [-0.3, -0.25) is 0 Å². The van der Waals surface area contributed by atoms with Gasteiger partial charge < -0.3 is 20.6 Å². The zero-order valence-electron chi connectivity index (χ0n) is 16.5. The second kappa shape index (κ2) is 7.85. The van der Waals surface area contributed by atoms with Gasteiger partial charge in [0.25, 0.3) is 5.95 Å². The number of aliphatic hydroxyl groups is 1. The number of nitrogens with one attached hydrogen (secondary N) is 2. The number of β-amino-alcohol motifs (C(OH)–C–C–N with tert-alkyl or cyclic N) is 1. The summed E-state index contributed by atoms with van der Waals surface area (Å²) in [6, 6.07) is 3.62. The van der Waals surface area contributed by atoms with E-state index in [4.69, 9.17) is 12.2 Å². The lowest BCUT2D eigenvalue weighted by atomic mass is 10.0. The van der Waals surface area contributed by atoms with Crippen LogP contribution in [0.4, 0.5) is 29.1 Å². The minimum atomic E-state index is -0.991. The normalized spacial score (nSPS) is 24.7. The third-order valence-corrected chi connectivity index (χ3v) is 5.81. The Morgan fingerprint density at radius 1 is 1.19 bits per heavy atom. The summed E-state index contributed by atoms with van der Waals surface area (Å²) in [7, 11) is 0. The Bertz CT molecular complexity index is 1210. The van der Waals surface area contributed by atoms with Crippen LogP contribution in [0, 0.1) is 17.6 Å². The van der Waals surface area contributed by atoms with Gasteiger partial charge >= 0.3 is 0 Å². The molecule has 0 amide bonds. The Kier molecular flexibility index (Phi) is 5.13. The maximum atomic E-state index is 14.5. The summed E-state index contributed by atoms with van der Waals surface area (Å²) < 4.78 is 57.0. The zero-order valence-corrected chi connectivity index (χ0v) is 17.3. The van der Waals surface area contributed by atoms with Crippen molar-refractivity contribution in [3.63, 3.8) is 0 Å². The Hall–Kier alpha value is -2.99. The fourth-order valence-corrected chi connectivity index (χ4v) is 4.18. The second-order valence-electron chi connectivity index (χ2n) is 7.90. The number of hydrogen-bond donors (Lipinski definition) is 3. The van der Waals surface area contributed by atoms with Crippen LogP contribution in [0.5, 0.6) is 0 Å². The average Bonchev–Trinajstić information content (AvgIpc) is 3.15. The number of halogens is 4. The largest absolute Gasteiger partial charge is 0.391 e. The van der Waals surface area contributed by atoms with Crippen LogP contribution in [0.3, 0.4) is 0 Å². The molecule has 0 radical (unpaired) electrons. The summed E-state index contributed by atoms with van der Waals surface area (Å²) in [5, 5.41) is 19.4. The van der Waals surface area contributed by atoms with Crippen molar-refractivity contribution in [1.29, 1.82) is 0 Å². The number of anilines is 2. The predicted octanol–water partition coefficient (Wildman–Crippen LogP) is 2.86. The lowest BCUT2D eigenvalue weighted by Gasteiger charge is -2.26. The van der Waals surface area contributed by atoms with E-state index >= 15 is 0 Å². The Balaban J connectivity index is 1.48. The predicted molar refractivity (Wildman–Crippen MR) is 113 cm³/mol. The van der Waals surface area contributed by atoms with E-state index in [-0.39, 0.29) is 35.0 Å². The van der Waals surface area contributed by atoms with E-state index in [0.717, 1.165) is 18.2 Å². The highest BCUT2D eigenvalue weighted by Gasteiger charge is 2.38. The highest BCUT2D eigenvalue weighted by molar-refractivity contribution is 7.80. The molecule has 1 saturated carbocycles. The molecule has 2 aromatic heterocycles. The average molecular weight is 466 g/mol. The van der Waals surface area contributed by atoms with E-state index in [2.05, 4.69) is 20.7 Å². The van der Waals surface area contributed by atoms with Gasteiger partial charge in [0.15, 0.2) is 10.8 Å². The number of aliphatic hydroxyl groups excluding tert-OH is 1. The molecule has 3 N–H and O–H groups in total. The van der Waals surface area contributed by atoms with Crippen LogP contribution in [-0.4, -0.2) is 49.7 Å². The molecule has 5 rings (SSSR count). The third-order valence-electron chi connectivity index (χ3n) is 5.59. The summed E-state index contributed by atoms with van der Waals surface area (Å²) in [6.45, 7) is 0.128. The molecule has 0 spiro atoms. The fourth-order valence-electron chi connectivity index (χ4n) is 3.92. The van der Waals surface area contributed by atoms with Crippen molar-refractivity contribution in [2.75, 3.05) is 16.8 Å². The minimum absolute atomic E-state index is 0.0347. The molecule has 32 heavy (non-hydrogen) atoms. The number of benzene rings is 1. The van der Waals surface area contributed by atoms with Gasteiger partial charge in [-0.2, -0.15) is 4.39 Å². The van der Waals surface area contributed by atoms with Crippen molar-refractivity contribution in [2.45, 2.75) is 37.2 Å². The molecule has 1 aromatic carbocycles. The van der Waals surface area contributed by atoms with Crippen LogP contribution in [0.25, 0.3) is 5.65 Å². The van der Waals surface area contributed by atoms with Crippen LogP contribution in [0.1, 0.15) is 24.4 Å². The maximum Gasteiger partial charge on any atom is 0.258 e. The van der Waals surface area contributed by atoms with E-state index in [9.17, 15) is 22.7 Å². The molecular formula is C20H18F4N6OS. The number of fused-ring (bicyclic) bond motifs is 1. The summed E-state index contributed by atoms with van der Waals surface area (Å²) in [6.07, 6.45) is 0.187. The summed E-state index contributed by atoms with van der Waals surface area (Å²) in [4.78, 5) is 6.07. The molecule has 4 atom stereocenters. The van der Waals surface area contributed by atoms with E-state index in [1.165, 1.54) is 10.7 Å². The van der Waals surface area contributed by atoms with Crippen molar-refractivity contribution >= 4 is 34.5 Å². The summed E-state index contributed by atoms with van der Waals surface area (Å²) >= 11 is 5.12. The van der Waals surface area contributed by atoms with Crippen LogP contribution >= 0.6 is 12.2 Å². The molecule has 2 fully saturated rings. The van der Waals surface area contributed by atoms with Crippen molar-refractivity contribution < 1.29 is 22.7 Å². The molecule has 1 saturated heterocycles. The van der Waals surface area contributed by atoms with Crippen LogP contribution in [0.15, 0.2) is 30.5 Å². The van der Waals surface area contributed by atoms with E-state index in [1.807, 2.05) is 0 Å². The first-order valence-corrected chi connectivity index (χ1v) is 10.4. The molecule has 1 aliphatic carbocycles. The molecule has 0 bridgehead atoms. The van der Waals surface area contributed by atoms with E-state index in [1.54, 1.807) is 11.0 Å². The van der Waals surface area contributed by atoms with Crippen LogP contribution < -0.4 is 15.5 Å². The molecule has 12 heteroatoms. The number of aromatic nitrogens is 3. The number of nitrogens with zero attached hydrogens (tertiary/aromatic N) is 4. The summed E-state index contributed by atoms with van der Waals surface area (Å²) in [5.74, 6) is -1.74. The van der Waals surface area contributed by atoms with Gasteiger partial charge in [0.1, 0.15) is 29.3 Å². The van der Waals surface area contributed by atoms with Gasteiger partial charge in [0, 0.05) is 24.7 Å². The lowest BCUT2D eigenvalue weighted by Crippen LogP contribution is -2.31. The van der Waals surface area contributed by atoms with Crippen LogP contribution in [0.2, 0.25) is 0 Å². The maximum absolute atomic E-state index is 14.5. The van der Waals surface area contributed by atoms with Gasteiger partial charge in [-0.15, -0.1) is 5.10 Å². The van der Waals surface area contributed by atoms with Crippen molar-refractivity contribution in [1.82, 2.24) is 19.9 Å². The quantitative estimate of drug-likeness (QED) is 0.403. The molecule has 0 unspecified atom stereocenters. The first kappa shape index (κ1) is 20.9. The number of alkyl halides is 1. The van der Waals surface area contributed by atoms with Crippen LogP contribution in [-0.2, 0) is 0 Å². The van der Waals surface area contributed by atoms with Gasteiger partial charge in [0.2, 0.25) is 0 Å². The topological polar surface area (TPSA) is 77.7 Å². The van der Waals surface area contributed by atoms with Crippen molar-refractivity contribution in [3.8, 4) is 0 Å². The molecule has 168 valence electrons. The van der Waals surface area contributed by atoms with Gasteiger partial charge in [0.05, 0.1) is 18.2 Å². The highest BCUT2D eigenvalue weighted by Crippen LogP contribution is 2.37. The molecule has 1 aliphatic heterocycles. The van der Waals surface area contributed by atoms with Gasteiger partial charge in [-0.1, -0.05) is 0 Å². The van der Waals surface area contributed by atoms with E-state index in [0.29, 0.717) is 12.2 Å². The second-order valence-corrected chi connectivity index (χ2v) is 8.31. The van der Waals surface area contributed by atoms with Crippen molar-refractivity contribution in [3.05, 3.63) is 53.6 Å². The van der Waals surface area contributed by atoms with Gasteiger partial charge in [-0.05, 0) is 42.9 Å². The van der Waals surface area contributed by atoms with Gasteiger partial charge in [-0.25, -0.2) is 22.7 Å². The molecule has 3 aromatic rings. The Morgan fingerprint density at radius 3 is 2.72 bits per heavy atom. The Morgan fingerprint density at radius 2 is 1.97 bits per heavy atom. The summed E-state index contributed by atoms with van der Waals surface area (Å²) in [5.41, 5.74) is 0.0853. The first-order valence-electron chi connectivity index (χ1n) is 9.96. The third kappa shape index (κ3) is 3.84. The molecule has 2 aliphatic rings. The fraction of sp³-hybridized carbons (Fsp3) is 0.350. The lowest BCUT2D eigenvalue weighted by molar-refractivity contribution is 0.194. The number of hydrogen-bond acceptors (Lipinski definition) is 5. The van der Waals surface area contributed by atoms with E-state index < -0.39 is 41.9 Å². The monoisotopic (exact) mass is 466 g/mol. The minimum Gasteiger partial charge on any atom is -0.391 e.